The molecule has 2 rings (SSSR count). The Morgan fingerprint density at radius 2 is 2.05 bits per heavy atom. The van der Waals surface area contributed by atoms with E-state index in [9.17, 15) is 0 Å². The van der Waals surface area contributed by atoms with E-state index in [1.807, 2.05) is 18.2 Å². The van der Waals surface area contributed by atoms with E-state index in [4.69, 9.17) is 21.7 Å². The molecule has 118 valence electrons. The van der Waals surface area contributed by atoms with Gasteiger partial charge in [0.2, 0.25) is 0 Å². The van der Waals surface area contributed by atoms with Crippen molar-refractivity contribution in [2.24, 2.45) is 5.92 Å². The van der Waals surface area contributed by atoms with Crippen molar-refractivity contribution in [2.45, 2.75) is 13.3 Å². The zero-order valence-corrected chi connectivity index (χ0v) is 14.0. The number of rotatable bonds is 5. The Morgan fingerprint density at radius 1 is 1.27 bits per heavy atom. The fourth-order valence-electron chi connectivity index (χ4n) is 2.17. The van der Waals surface area contributed by atoms with Crippen molar-refractivity contribution in [1.82, 2.24) is 5.32 Å². The minimum Gasteiger partial charge on any atom is -0.493 e. The molecule has 0 aliphatic heterocycles. The average Bonchev–Trinajstić information content (AvgIpc) is 2.54. The van der Waals surface area contributed by atoms with Gasteiger partial charge in [0.05, 0.1) is 14.2 Å². The largest absolute Gasteiger partial charge is 0.493 e. The third-order valence-corrected chi connectivity index (χ3v) is 3.73. The van der Waals surface area contributed by atoms with E-state index in [0.717, 1.165) is 18.7 Å². The summed E-state index contributed by atoms with van der Waals surface area (Å²) in [4.78, 5) is 0. The van der Waals surface area contributed by atoms with Gasteiger partial charge in [-0.15, -0.1) is 0 Å². The number of ether oxygens (including phenoxy) is 2. The molecular weight excluding hydrogens is 296 g/mol. The van der Waals surface area contributed by atoms with Gasteiger partial charge in [-0.1, -0.05) is 25.2 Å². The molecule has 1 aromatic carbocycles. The maximum atomic E-state index is 5.32. The minimum absolute atomic E-state index is 0.583. The molecule has 1 atom stereocenters. The average molecular weight is 318 g/mol. The predicted octanol–water partition coefficient (Wildman–Crippen LogP) is 3.51. The van der Waals surface area contributed by atoms with Gasteiger partial charge in [0.25, 0.3) is 0 Å². The summed E-state index contributed by atoms with van der Waals surface area (Å²) in [6.07, 6.45) is 7.71. The Bertz CT molecular complexity index is 596. The lowest BCUT2D eigenvalue weighted by Crippen LogP contribution is -2.30. The summed E-state index contributed by atoms with van der Waals surface area (Å²) in [5, 5.41) is 6.94. The van der Waals surface area contributed by atoms with Crippen LogP contribution in [-0.2, 0) is 0 Å². The quantitative estimate of drug-likeness (QED) is 0.813. The van der Waals surface area contributed by atoms with E-state index in [1.54, 1.807) is 14.2 Å². The van der Waals surface area contributed by atoms with Crippen molar-refractivity contribution in [2.75, 3.05) is 26.1 Å². The lowest BCUT2D eigenvalue weighted by molar-refractivity contribution is 0.355. The van der Waals surface area contributed by atoms with Crippen LogP contribution in [0.15, 0.2) is 42.0 Å². The molecule has 1 aliphatic carbocycles. The van der Waals surface area contributed by atoms with Crippen LogP contribution in [0.4, 0.5) is 5.69 Å². The second-order valence-corrected chi connectivity index (χ2v) is 5.64. The molecule has 0 spiro atoms. The number of nitrogens with one attached hydrogen (secondary N) is 2. The first kappa shape index (κ1) is 16.4. The summed E-state index contributed by atoms with van der Waals surface area (Å²) in [5.74, 6) is 1.99. The summed E-state index contributed by atoms with van der Waals surface area (Å²) in [5.41, 5.74) is 2.12. The first-order valence-electron chi connectivity index (χ1n) is 7.26. The van der Waals surface area contributed by atoms with Gasteiger partial charge in [-0.3, -0.25) is 0 Å². The van der Waals surface area contributed by atoms with Crippen molar-refractivity contribution in [3.05, 3.63) is 42.0 Å². The number of benzene rings is 1. The summed E-state index contributed by atoms with van der Waals surface area (Å²) in [7, 11) is 3.23. The number of allylic oxidation sites excluding steroid dienone is 2. The first-order valence-corrected chi connectivity index (χ1v) is 7.67. The zero-order valence-electron chi connectivity index (χ0n) is 13.2. The molecule has 0 amide bonds. The highest BCUT2D eigenvalue weighted by Gasteiger charge is 2.07. The molecule has 0 fully saturated rings. The van der Waals surface area contributed by atoms with E-state index in [1.165, 1.54) is 5.57 Å². The van der Waals surface area contributed by atoms with Crippen LogP contribution in [0.2, 0.25) is 0 Å². The third-order valence-electron chi connectivity index (χ3n) is 3.49. The van der Waals surface area contributed by atoms with Crippen LogP contribution in [-0.4, -0.2) is 25.9 Å². The fraction of sp³-hybridized carbons (Fsp3) is 0.353. The van der Waals surface area contributed by atoms with Crippen molar-refractivity contribution >= 4 is 23.0 Å². The van der Waals surface area contributed by atoms with Crippen LogP contribution in [0.3, 0.4) is 0 Å². The van der Waals surface area contributed by atoms with Gasteiger partial charge in [0.15, 0.2) is 16.6 Å². The van der Waals surface area contributed by atoms with Crippen molar-refractivity contribution in [3.63, 3.8) is 0 Å². The maximum Gasteiger partial charge on any atom is 0.171 e. The Hall–Kier alpha value is -2.01. The molecule has 0 saturated carbocycles. The Kier molecular flexibility index (Phi) is 5.83. The summed E-state index contributed by atoms with van der Waals surface area (Å²) < 4.78 is 10.5. The lowest BCUT2D eigenvalue weighted by Gasteiger charge is -2.15. The molecule has 1 unspecified atom stereocenters. The summed E-state index contributed by atoms with van der Waals surface area (Å²) in [6.45, 7) is 2.93. The van der Waals surface area contributed by atoms with E-state index in [2.05, 4.69) is 35.8 Å². The highest BCUT2D eigenvalue weighted by molar-refractivity contribution is 7.80. The molecule has 5 heteroatoms. The van der Waals surface area contributed by atoms with Crippen molar-refractivity contribution < 1.29 is 9.47 Å². The maximum absolute atomic E-state index is 5.32. The molecule has 0 aromatic heterocycles. The Morgan fingerprint density at radius 3 is 2.68 bits per heavy atom. The van der Waals surface area contributed by atoms with E-state index in [0.29, 0.717) is 22.5 Å². The number of methoxy groups -OCH3 is 2. The van der Waals surface area contributed by atoms with E-state index < -0.39 is 0 Å². The first-order chi connectivity index (χ1) is 10.6. The molecule has 1 aliphatic rings. The van der Waals surface area contributed by atoms with Gasteiger partial charge in [-0.25, -0.2) is 0 Å². The summed E-state index contributed by atoms with van der Waals surface area (Å²) in [6, 6.07) is 5.60. The number of hydrogen-bond acceptors (Lipinski definition) is 3. The second kappa shape index (κ2) is 7.84. The zero-order chi connectivity index (χ0) is 15.9. The fourth-order valence-corrected chi connectivity index (χ4v) is 2.36. The highest BCUT2D eigenvalue weighted by atomic mass is 32.1. The molecule has 4 nitrogen and oxygen atoms in total. The van der Waals surface area contributed by atoms with Crippen LogP contribution in [0, 0.1) is 5.92 Å². The number of anilines is 1. The highest BCUT2D eigenvalue weighted by Crippen LogP contribution is 2.29. The lowest BCUT2D eigenvalue weighted by atomic mass is 9.99. The second-order valence-electron chi connectivity index (χ2n) is 5.23. The van der Waals surface area contributed by atoms with Crippen LogP contribution in [0.5, 0.6) is 11.5 Å². The van der Waals surface area contributed by atoms with Gasteiger partial charge in [0, 0.05) is 18.3 Å². The van der Waals surface area contributed by atoms with Gasteiger partial charge in [-0.2, -0.15) is 0 Å². The summed E-state index contributed by atoms with van der Waals surface area (Å²) >= 11 is 5.32. The van der Waals surface area contributed by atoms with Gasteiger partial charge in [-0.05, 0) is 42.3 Å². The van der Waals surface area contributed by atoms with Crippen molar-refractivity contribution in [3.8, 4) is 11.5 Å². The number of thiocarbonyl (C=S) groups is 1. The van der Waals surface area contributed by atoms with Crippen molar-refractivity contribution in [1.29, 1.82) is 0 Å². The van der Waals surface area contributed by atoms with E-state index >= 15 is 0 Å². The Balaban J connectivity index is 1.88. The SMILES string of the molecule is COc1ccc(NC(=S)NCC2=CCC(C)C=C2)cc1OC. The van der Waals surface area contributed by atoms with Crippen LogP contribution >= 0.6 is 12.2 Å². The molecule has 0 saturated heterocycles. The van der Waals surface area contributed by atoms with Crippen LogP contribution in [0.25, 0.3) is 0 Å². The topological polar surface area (TPSA) is 42.5 Å². The predicted molar refractivity (Wildman–Crippen MR) is 94.8 cm³/mol. The van der Waals surface area contributed by atoms with Gasteiger partial charge in [0.1, 0.15) is 0 Å². The molecule has 0 bridgehead atoms. The number of hydrogen-bond donors (Lipinski definition) is 2. The standard InChI is InChI=1S/C17H22N2O2S/c1-12-4-6-13(7-5-12)11-18-17(22)19-14-8-9-15(20-2)16(10-14)21-3/h4,6-10,12H,5,11H2,1-3H3,(H2,18,19,22). The smallest absolute Gasteiger partial charge is 0.171 e. The molecule has 22 heavy (non-hydrogen) atoms. The molecule has 0 heterocycles. The minimum atomic E-state index is 0.583. The third kappa shape index (κ3) is 4.49. The molecule has 0 radical (unpaired) electrons. The van der Waals surface area contributed by atoms with E-state index in [-0.39, 0.29) is 0 Å². The van der Waals surface area contributed by atoms with Crippen LogP contribution < -0.4 is 20.1 Å². The van der Waals surface area contributed by atoms with Gasteiger partial charge >= 0.3 is 0 Å². The van der Waals surface area contributed by atoms with Crippen LogP contribution in [0.1, 0.15) is 13.3 Å². The Labute approximate surface area is 137 Å². The molecule has 2 N–H and O–H groups in total. The van der Waals surface area contributed by atoms with Gasteiger partial charge < -0.3 is 20.1 Å². The molecule has 1 aromatic rings. The normalized spacial score (nSPS) is 16.7. The molecular formula is C17H22N2O2S. The monoisotopic (exact) mass is 318 g/mol.